The molecular formula is C11H19F3N4O. The van der Waals surface area contributed by atoms with Gasteiger partial charge in [0.25, 0.3) is 0 Å². The summed E-state index contributed by atoms with van der Waals surface area (Å²) in [5, 5.41) is 11.7. The molecule has 0 heterocycles. The summed E-state index contributed by atoms with van der Waals surface area (Å²) in [5.74, 6) is 0.258. The lowest BCUT2D eigenvalue weighted by Crippen LogP contribution is -2.61. The molecule has 0 aliphatic heterocycles. The number of hydrogen-bond donors (Lipinski definition) is 4. The predicted molar refractivity (Wildman–Crippen MR) is 64.9 cm³/mol. The summed E-state index contributed by atoms with van der Waals surface area (Å²) in [6.45, 7) is 0.650. The standard InChI is InChI=1S/C11H19F3N4O/c1-7-2-4-10(5-3-7,8(15)16)18-9(19)17-6-11(12,13)14/h7H,2-6H2,1H3,(H3,15,16)(H2,17,18,19). The first-order valence-corrected chi connectivity index (χ1v) is 6.12. The molecular weight excluding hydrogens is 261 g/mol. The second-order valence-electron chi connectivity index (χ2n) is 5.10. The van der Waals surface area contributed by atoms with Crippen LogP contribution in [0.25, 0.3) is 0 Å². The summed E-state index contributed by atoms with van der Waals surface area (Å²) in [7, 11) is 0. The minimum atomic E-state index is -4.46. The van der Waals surface area contributed by atoms with Crippen LogP contribution in [0.15, 0.2) is 0 Å². The number of urea groups is 1. The first-order valence-electron chi connectivity index (χ1n) is 6.12. The van der Waals surface area contributed by atoms with E-state index in [9.17, 15) is 18.0 Å². The number of carbonyl (C=O) groups excluding carboxylic acids is 1. The Labute approximate surface area is 109 Å². The van der Waals surface area contributed by atoms with Gasteiger partial charge < -0.3 is 16.4 Å². The Hall–Kier alpha value is -1.47. The Bertz CT molecular complexity index is 348. The smallest absolute Gasteiger partial charge is 0.386 e. The fourth-order valence-electron chi connectivity index (χ4n) is 2.16. The number of amides is 2. The van der Waals surface area contributed by atoms with Crippen LogP contribution in [0.1, 0.15) is 32.6 Å². The van der Waals surface area contributed by atoms with E-state index in [4.69, 9.17) is 11.1 Å². The third kappa shape index (κ3) is 4.60. The van der Waals surface area contributed by atoms with Gasteiger partial charge >= 0.3 is 12.2 Å². The molecule has 0 atom stereocenters. The van der Waals surface area contributed by atoms with E-state index < -0.39 is 24.3 Å². The van der Waals surface area contributed by atoms with E-state index in [-0.39, 0.29) is 5.84 Å². The summed E-state index contributed by atoms with van der Waals surface area (Å²) in [6.07, 6.45) is -1.95. The molecule has 1 aliphatic carbocycles. The summed E-state index contributed by atoms with van der Waals surface area (Å²) >= 11 is 0. The van der Waals surface area contributed by atoms with E-state index in [1.165, 1.54) is 0 Å². The molecule has 2 amide bonds. The lowest BCUT2D eigenvalue weighted by Gasteiger charge is -2.39. The summed E-state index contributed by atoms with van der Waals surface area (Å²) in [4.78, 5) is 11.5. The van der Waals surface area contributed by atoms with Gasteiger partial charge in [0.1, 0.15) is 12.4 Å². The molecule has 19 heavy (non-hydrogen) atoms. The predicted octanol–water partition coefficient (Wildman–Crippen LogP) is 1.73. The topological polar surface area (TPSA) is 91.0 Å². The van der Waals surface area contributed by atoms with Gasteiger partial charge in [-0.15, -0.1) is 0 Å². The molecule has 0 saturated heterocycles. The highest BCUT2D eigenvalue weighted by atomic mass is 19.4. The van der Waals surface area contributed by atoms with Crippen LogP contribution < -0.4 is 16.4 Å². The second-order valence-corrected chi connectivity index (χ2v) is 5.10. The van der Waals surface area contributed by atoms with Gasteiger partial charge in [0.15, 0.2) is 0 Å². The summed E-state index contributed by atoms with van der Waals surface area (Å²) in [5.41, 5.74) is 4.48. The molecule has 5 N–H and O–H groups in total. The zero-order chi connectivity index (χ0) is 14.7. The van der Waals surface area contributed by atoms with Crippen molar-refractivity contribution in [3.8, 4) is 0 Å². The molecule has 8 heteroatoms. The van der Waals surface area contributed by atoms with Crippen LogP contribution >= 0.6 is 0 Å². The quantitative estimate of drug-likeness (QED) is 0.468. The van der Waals surface area contributed by atoms with Gasteiger partial charge in [0.05, 0.1) is 5.54 Å². The highest BCUT2D eigenvalue weighted by Crippen LogP contribution is 2.31. The molecule has 1 rings (SSSR count). The van der Waals surface area contributed by atoms with Crippen LogP contribution in [0.5, 0.6) is 0 Å². The number of alkyl halides is 3. The zero-order valence-electron chi connectivity index (χ0n) is 10.7. The first-order chi connectivity index (χ1) is 8.65. The first kappa shape index (κ1) is 15.6. The van der Waals surface area contributed by atoms with Gasteiger partial charge in [-0.1, -0.05) is 6.92 Å². The lowest BCUT2D eigenvalue weighted by atomic mass is 9.76. The molecule has 5 nitrogen and oxygen atoms in total. The van der Waals surface area contributed by atoms with Crippen molar-refractivity contribution >= 4 is 11.9 Å². The third-order valence-corrected chi connectivity index (χ3v) is 3.45. The number of carbonyl (C=O) groups is 1. The maximum atomic E-state index is 12.0. The normalized spacial score (nSPS) is 27.7. The Morgan fingerprint density at radius 1 is 1.42 bits per heavy atom. The summed E-state index contributed by atoms with van der Waals surface area (Å²) in [6, 6.07) is -0.943. The van der Waals surface area contributed by atoms with Crippen LogP contribution in [0.4, 0.5) is 18.0 Å². The number of rotatable bonds is 3. The average molecular weight is 280 g/mol. The average Bonchev–Trinajstić information content (AvgIpc) is 2.29. The maximum Gasteiger partial charge on any atom is 0.405 e. The number of nitrogens with one attached hydrogen (secondary N) is 3. The van der Waals surface area contributed by atoms with Crippen LogP contribution in [0.2, 0.25) is 0 Å². The molecule has 1 fully saturated rings. The van der Waals surface area contributed by atoms with Gasteiger partial charge in [0, 0.05) is 0 Å². The zero-order valence-corrected chi connectivity index (χ0v) is 10.7. The van der Waals surface area contributed by atoms with Crippen LogP contribution in [-0.4, -0.2) is 30.1 Å². The van der Waals surface area contributed by atoms with Crippen molar-refractivity contribution in [2.75, 3.05) is 6.54 Å². The molecule has 0 spiro atoms. The van der Waals surface area contributed by atoms with Crippen LogP contribution in [0, 0.1) is 11.3 Å². The van der Waals surface area contributed by atoms with E-state index in [0.29, 0.717) is 18.8 Å². The van der Waals surface area contributed by atoms with Crippen molar-refractivity contribution in [1.82, 2.24) is 10.6 Å². The van der Waals surface area contributed by atoms with Crippen molar-refractivity contribution in [3.63, 3.8) is 0 Å². The van der Waals surface area contributed by atoms with Gasteiger partial charge in [-0.3, -0.25) is 5.41 Å². The van der Waals surface area contributed by atoms with Crippen LogP contribution in [-0.2, 0) is 0 Å². The minimum absolute atomic E-state index is 0.207. The second kappa shape index (κ2) is 5.66. The molecule has 1 aliphatic rings. The highest BCUT2D eigenvalue weighted by Gasteiger charge is 2.39. The van der Waals surface area contributed by atoms with Gasteiger partial charge in [-0.05, 0) is 31.6 Å². The van der Waals surface area contributed by atoms with Gasteiger partial charge in [0.2, 0.25) is 0 Å². The van der Waals surface area contributed by atoms with E-state index in [1.54, 1.807) is 5.32 Å². The molecule has 110 valence electrons. The molecule has 0 aromatic rings. The molecule has 0 aromatic heterocycles. The largest absolute Gasteiger partial charge is 0.405 e. The van der Waals surface area contributed by atoms with Crippen molar-refractivity contribution in [1.29, 1.82) is 5.41 Å². The molecule has 0 bridgehead atoms. The van der Waals surface area contributed by atoms with Crippen molar-refractivity contribution in [2.24, 2.45) is 11.7 Å². The van der Waals surface area contributed by atoms with Gasteiger partial charge in [-0.25, -0.2) is 4.79 Å². The number of amidine groups is 1. The Morgan fingerprint density at radius 3 is 2.37 bits per heavy atom. The van der Waals surface area contributed by atoms with E-state index in [2.05, 4.69) is 5.32 Å². The maximum absolute atomic E-state index is 12.0. The Balaban J connectivity index is 2.59. The minimum Gasteiger partial charge on any atom is -0.386 e. The number of nitrogens with two attached hydrogens (primary N) is 1. The monoisotopic (exact) mass is 280 g/mol. The number of halogens is 3. The van der Waals surface area contributed by atoms with E-state index in [0.717, 1.165) is 12.8 Å². The fourth-order valence-corrected chi connectivity index (χ4v) is 2.16. The molecule has 0 radical (unpaired) electrons. The Morgan fingerprint density at radius 2 is 1.95 bits per heavy atom. The van der Waals surface area contributed by atoms with Crippen LogP contribution in [0.3, 0.4) is 0 Å². The van der Waals surface area contributed by atoms with Crippen molar-refractivity contribution < 1.29 is 18.0 Å². The van der Waals surface area contributed by atoms with Crippen molar-refractivity contribution in [2.45, 2.75) is 44.3 Å². The van der Waals surface area contributed by atoms with E-state index >= 15 is 0 Å². The highest BCUT2D eigenvalue weighted by molar-refractivity contribution is 5.91. The molecule has 1 saturated carbocycles. The van der Waals surface area contributed by atoms with Crippen molar-refractivity contribution in [3.05, 3.63) is 0 Å². The Kier molecular flexibility index (Phi) is 4.65. The van der Waals surface area contributed by atoms with E-state index in [1.807, 2.05) is 6.92 Å². The van der Waals surface area contributed by atoms with Gasteiger partial charge in [-0.2, -0.15) is 13.2 Å². The molecule has 0 aromatic carbocycles. The molecule has 0 unspecified atom stereocenters. The third-order valence-electron chi connectivity index (χ3n) is 3.45. The SMILES string of the molecule is CC1CCC(NC(=O)NCC(F)(F)F)(C(=N)N)CC1. The summed E-state index contributed by atoms with van der Waals surface area (Å²) < 4.78 is 36.0. The lowest BCUT2D eigenvalue weighted by molar-refractivity contribution is -0.122. The fraction of sp³-hybridized carbons (Fsp3) is 0.818. The number of hydrogen-bond acceptors (Lipinski definition) is 2.